The van der Waals surface area contributed by atoms with E-state index < -0.39 is 35.0 Å². The first-order valence-electron chi connectivity index (χ1n) is 8.67. The molecule has 0 atom stereocenters. The van der Waals surface area contributed by atoms with Crippen LogP contribution >= 0.6 is 0 Å². The molecule has 142 valence electrons. The van der Waals surface area contributed by atoms with Crippen molar-refractivity contribution in [3.05, 3.63) is 65.0 Å². The summed E-state index contributed by atoms with van der Waals surface area (Å²) in [7, 11) is 0. The number of hydrogen-bond acceptors (Lipinski definition) is 2. The number of likely N-dealkylation sites (tertiary alicyclic amines) is 1. The zero-order valence-corrected chi connectivity index (χ0v) is 14.8. The highest BCUT2D eigenvalue weighted by Crippen LogP contribution is 2.24. The summed E-state index contributed by atoms with van der Waals surface area (Å²) >= 11 is 0. The monoisotopic (exact) mass is 376 g/mol. The summed E-state index contributed by atoms with van der Waals surface area (Å²) < 4.78 is 39.9. The van der Waals surface area contributed by atoms with Gasteiger partial charge in [0.2, 0.25) is 5.91 Å². The molecule has 0 spiro atoms. The predicted molar refractivity (Wildman–Crippen MR) is 94.8 cm³/mol. The molecule has 1 aliphatic rings. The predicted octanol–water partition coefficient (Wildman–Crippen LogP) is 3.90. The Labute approximate surface area is 155 Å². The Morgan fingerprint density at radius 1 is 1.00 bits per heavy atom. The third-order valence-electron chi connectivity index (χ3n) is 4.82. The summed E-state index contributed by atoms with van der Waals surface area (Å²) in [6.45, 7) is 2.65. The van der Waals surface area contributed by atoms with Gasteiger partial charge in [0.1, 0.15) is 0 Å². The smallest absolute Gasteiger partial charge is 0.254 e. The first kappa shape index (κ1) is 18.9. The van der Waals surface area contributed by atoms with Crippen molar-refractivity contribution in [2.75, 3.05) is 18.4 Å². The summed E-state index contributed by atoms with van der Waals surface area (Å²) in [5, 5.41) is 2.31. The second-order valence-corrected chi connectivity index (χ2v) is 6.59. The standard InChI is InChI=1S/C20H19F3N2O2/c1-12-4-2-3-5-14(12)20(27)25-10-8-13(9-11-25)19(26)24-16-7-6-15(21)17(22)18(16)23/h2-7,13H,8-11H2,1H3,(H,24,26). The maximum absolute atomic E-state index is 13.7. The number of anilines is 1. The second kappa shape index (κ2) is 7.82. The fourth-order valence-electron chi connectivity index (χ4n) is 3.19. The second-order valence-electron chi connectivity index (χ2n) is 6.59. The Balaban J connectivity index is 1.61. The van der Waals surface area contributed by atoms with Crippen LogP contribution in [0.25, 0.3) is 0 Å². The van der Waals surface area contributed by atoms with Crippen LogP contribution in [0.5, 0.6) is 0 Å². The average molecular weight is 376 g/mol. The van der Waals surface area contributed by atoms with Gasteiger partial charge >= 0.3 is 0 Å². The average Bonchev–Trinajstić information content (AvgIpc) is 2.68. The molecule has 7 heteroatoms. The Morgan fingerprint density at radius 3 is 2.33 bits per heavy atom. The number of halogens is 3. The summed E-state index contributed by atoms with van der Waals surface area (Å²) in [5.74, 6) is -5.34. The molecule has 0 radical (unpaired) electrons. The molecule has 2 aromatic carbocycles. The van der Waals surface area contributed by atoms with Gasteiger partial charge in [-0.1, -0.05) is 18.2 Å². The van der Waals surface area contributed by atoms with Gasteiger partial charge in [-0.25, -0.2) is 13.2 Å². The summed E-state index contributed by atoms with van der Waals surface area (Å²) in [4.78, 5) is 26.6. The molecule has 2 amide bonds. The number of benzene rings is 2. The molecule has 1 aliphatic heterocycles. The Hall–Kier alpha value is -2.83. The molecule has 1 N–H and O–H groups in total. The van der Waals surface area contributed by atoms with E-state index in [2.05, 4.69) is 5.32 Å². The zero-order chi connectivity index (χ0) is 19.6. The molecule has 2 aromatic rings. The SMILES string of the molecule is Cc1ccccc1C(=O)N1CCC(C(=O)Nc2ccc(F)c(F)c2F)CC1. The van der Waals surface area contributed by atoms with Gasteiger partial charge in [0.05, 0.1) is 5.69 Å². The van der Waals surface area contributed by atoms with Gasteiger partial charge in [0.25, 0.3) is 5.91 Å². The van der Waals surface area contributed by atoms with E-state index in [1.54, 1.807) is 17.0 Å². The highest BCUT2D eigenvalue weighted by atomic mass is 19.2. The van der Waals surface area contributed by atoms with Crippen molar-refractivity contribution in [2.45, 2.75) is 19.8 Å². The van der Waals surface area contributed by atoms with Gasteiger partial charge in [0.15, 0.2) is 17.5 Å². The largest absolute Gasteiger partial charge is 0.339 e. The van der Waals surface area contributed by atoms with Gasteiger partial charge in [-0.2, -0.15) is 0 Å². The van der Waals surface area contributed by atoms with Gasteiger partial charge < -0.3 is 10.2 Å². The zero-order valence-electron chi connectivity index (χ0n) is 14.8. The fraction of sp³-hybridized carbons (Fsp3) is 0.300. The van der Waals surface area contributed by atoms with Crippen molar-refractivity contribution >= 4 is 17.5 Å². The molecule has 0 unspecified atom stereocenters. The maximum atomic E-state index is 13.7. The lowest BCUT2D eigenvalue weighted by Gasteiger charge is -2.31. The van der Waals surface area contributed by atoms with E-state index in [0.717, 1.165) is 17.7 Å². The fourth-order valence-corrected chi connectivity index (χ4v) is 3.19. The first-order chi connectivity index (χ1) is 12.9. The van der Waals surface area contributed by atoms with Crippen molar-refractivity contribution in [3.8, 4) is 0 Å². The Morgan fingerprint density at radius 2 is 1.67 bits per heavy atom. The van der Waals surface area contributed by atoms with E-state index in [4.69, 9.17) is 0 Å². The van der Waals surface area contributed by atoms with Crippen molar-refractivity contribution < 1.29 is 22.8 Å². The minimum Gasteiger partial charge on any atom is -0.339 e. The molecule has 27 heavy (non-hydrogen) atoms. The normalized spacial score (nSPS) is 14.9. The lowest BCUT2D eigenvalue weighted by atomic mass is 9.95. The van der Waals surface area contributed by atoms with Crippen LogP contribution in [-0.2, 0) is 4.79 Å². The van der Waals surface area contributed by atoms with Crippen molar-refractivity contribution in [3.63, 3.8) is 0 Å². The van der Waals surface area contributed by atoms with E-state index in [-0.39, 0.29) is 5.91 Å². The van der Waals surface area contributed by atoms with Crippen molar-refractivity contribution in [1.29, 1.82) is 0 Å². The van der Waals surface area contributed by atoms with Crippen LogP contribution in [0.15, 0.2) is 36.4 Å². The number of nitrogens with zero attached hydrogens (tertiary/aromatic N) is 1. The topological polar surface area (TPSA) is 49.4 Å². The summed E-state index contributed by atoms with van der Waals surface area (Å²) in [5.41, 5.74) is 1.12. The van der Waals surface area contributed by atoms with Crippen LogP contribution in [0, 0.1) is 30.3 Å². The van der Waals surface area contributed by atoms with Crippen molar-refractivity contribution in [2.24, 2.45) is 5.92 Å². The third kappa shape index (κ3) is 3.97. The summed E-state index contributed by atoms with van der Waals surface area (Å²) in [6.07, 6.45) is 0.823. The molecule has 4 nitrogen and oxygen atoms in total. The molecule has 1 fully saturated rings. The first-order valence-corrected chi connectivity index (χ1v) is 8.67. The Kier molecular flexibility index (Phi) is 5.48. The van der Waals surface area contributed by atoms with Gasteiger partial charge in [0, 0.05) is 24.6 Å². The van der Waals surface area contributed by atoms with E-state index >= 15 is 0 Å². The van der Waals surface area contributed by atoms with Crippen molar-refractivity contribution in [1.82, 2.24) is 4.90 Å². The summed E-state index contributed by atoms with van der Waals surface area (Å²) in [6, 6.07) is 9.04. The molecule has 3 rings (SSSR count). The lowest BCUT2D eigenvalue weighted by molar-refractivity contribution is -0.121. The number of hydrogen-bond donors (Lipinski definition) is 1. The lowest BCUT2D eigenvalue weighted by Crippen LogP contribution is -2.41. The minimum atomic E-state index is -1.62. The molecule has 0 aromatic heterocycles. The number of carbonyl (C=O) groups excluding carboxylic acids is 2. The van der Waals surface area contributed by atoms with Crippen LogP contribution in [0.1, 0.15) is 28.8 Å². The number of amides is 2. The van der Waals surface area contributed by atoms with E-state index in [9.17, 15) is 22.8 Å². The number of piperidine rings is 1. The molecule has 0 bridgehead atoms. The van der Waals surface area contributed by atoms with Gasteiger partial charge in [-0.15, -0.1) is 0 Å². The number of carbonyl (C=O) groups is 2. The number of rotatable bonds is 3. The van der Waals surface area contributed by atoms with Crippen LogP contribution < -0.4 is 5.32 Å². The van der Waals surface area contributed by atoms with E-state index in [1.807, 2.05) is 19.1 Å². The van der Waals surface area contributed by atoms with Crippen LogP contribution in [-0.4, -0.2) is 29.8 Å². The van der Waals surface area contributed by atoms with Crippen LogP contribution in [0.2, 0.25) is 0 Å². The van der Waals surface area contributed by atoms with Crippen LogP contribution in [0.3, 0.4) is 0 Å². The number of nitrogens with one attached hydrogen (secondary N) is 1. The van der Waals surface area contributed by atoms with Gasteiger partial charge in [-0.3, -0.25) is 9.59 Å². The molecule has 0 aliphatic carbocycles. The molecule has 1 heterocycles. The van der Waals surface area contributed by atoms with Gasteiger partial charge in [-0.05, 0) is 43.5 Å². The Bertz CT molecular complexity index is 878. The third-order valence-corrected chi connectivity index (χ3v) is 4.82. The number of aryl methyl sites for hydroxylation is 1. The maximum Gasteiger partial charge on any atom is 0.254 e. The van der Waals surface area contributed by atoms with Crippen LogP contribution in [0.4, 0.5) is 18.9 Å². The molecule has 1 saturated heterocycles. The molecule has 0 saturated carbocycles. The van der Waals surface area contributed by atoms with E-state index in [0.29, 0.717) is 31.5 Å². The highest BCUT2D eigenvalue weighted by Gasteiger charge is 2.29. The quantitative estimate of drug-likeness (QED) is 0.826. The molecular formula is C20H19F3N2O2. The minimum absolute atomic E-state index is 0.0846. The molecular weight excluding hydrogens is 357 g/mol. The highest BCUT2D eigenvalue weighted by molar-refractivity contribution is 5.96. The van der Waals surface area contributed by atoms with E-state index in [1.165, 1.54) is 0 Å².